The van der Waals surface area contributed by atoms with Gasteiger partial charge in [-0.25, -0.2) is 0 Å². The van der Waals surface area contributed by atoms with Crippen molar-refractivity contribution in [3.63, 3.8) is 0 Å². The molecule has 0 saturated carbocycles. The van der Waals surface area contributed by atoms with E-state index in [1.54, 1.807) is 6.08 Å². The first kappa shape index (κ1) is 14.7. The van der Waals surface area contributed by atoms with Crippen LogP contribution in [0.25, 0.3) is 0 Å². The number of hydrogen-bond donors (Lipinski definition) is 0. The Morgan fingerprint density at radius 1 is 1.31 bits per heavy atom. The van der Waals surface area contributed by atoms with Crippen LogP contribution in [0.15, 0.2) is 37.0 Å². The highest BCUT2D eigenvalue weighted by atomic mass is 14.0. The molecule has 0 aromatic rings. The molecule has 76 valence electrons. The molecule has 0 N–H and O–H groups in total. The molecule has 0 aliphatic carbocycles. The van der Waals surface area contributed by atoms with E-state index in [4.69, 9.17) is 0 Å². The molecule has 0 aromatic heterocycles. The Morgan fingerprint density at radius 2 is 1.85 bits per heavy atom. The smallest absolute Gasteiger partial charge is 0.0282 e. The lowest BCUT2D eigenvalue weighted by Crippen LogP contribution is -1.86. The van der Waals surface area contributed by atoms with Crippen LogP contribution in [0.4, 0.5) is 0 Å². The highest BCUT2D eigenvalue weighted by molar-refractivity contribution is 5.17. The van der Waals surface area contributed by atoms with Crippen LogP contribution >= 0.6 is 0 Å². The van der Waals surface area contributed by atoms with Gasteiger partial charge in [-0.3, -0.25) is 0 Å². The zero-order valence-electron chi connectivity index (χ0n) is 9.64. The summed E-state index contributed by atoms with van der Waals surface area (Å²) < 4.78 is 0. The van der Waals surface area contributed by atoms with E-state index in [1.807, 2.05) is 26.0 Å². The molecule has 13 heavy (non-hydrogen) atoms. The van der Waals surface area contributed by atoms with Crippen LogP contribution in [0, 0.1) is 5.92 Å². The zero-order valence-corrected chi connectivity index (χ0v) is 9.64. The molecule has 0 atom stereocenters. The fourth-order valence-corrected chi connectivity index (χ4v) is 0.762. The third-order valence-electron chi connectivity index (χ3n) is 1.51. The Hall–Kier alpha value is -0.780. The lowest BCUT2D eigenvalue weighted by Gasteiger charge is -2.02. The minimum Gasteiger partial charge on any atom is -0.0991 e. The predicted octanol–water partition coefficient (Wildman–Crippen LogP) is 4.75. The first-order valence-corrected chi connectivity index (χ1v) is 5.13. The summed E-state index contributed by atoms with van der Waals surface area (Å²) >= 11 is 0. The molecule has 0 fully saturated rings. The monoisotopic (exact) mass is 180 g/mol. The van der Waals surface area contributed by atoms with Gasteiger partial charge in [0.2, 0.25) is 0 Å². The molecule has 0 unspecified atom stereocenters. The fraction of sp³-hybridized carbons (Fsp3) is 0.538. The number of rotatable bonds is 5. The third-order valence-corrected chi connectivity index (χ3v) is 1.51. The van der Waals surface area contributed by atoms with Gasteiger partial charge in [-0.1, -0.05) is 64.7 Å². The molecule has 0 aliphatic rings. The highest BCUT2D eigenvalue weighted by Gasteiger charge is 1.93. The number of hydrogen-bond acceptors (Lipinski definition) is 0. The Balaban J connectivity index is 0. The van der Waals surface area contributed by atoms with Gasteiger partial charge in [0.1, 0.15) is 0 Å². The van der Waals surface area contributed by atoms with E-state index < -0.39 is 0 Å². The van der Waals surface area contributed by atoms with Crippen molar-refractivity contribution in [1.82, 2.24) is 0 Å². The van der Waals surface area contributed by atoms with Gasteiger partial charge in [-0.15, -0.1) is 0 Å². The first-order chi connectivity index (χ1) is 6.16. The van der Waals surface area contributed by atoms with Crippen molar-refractivity contribution in [1.29, 1.82) is 0 Å². The maximum absolute atomic E-state index is 3.93. The van der Waals surface area contributed by atoms with Gasteiger partial charge >= 0.3 is 0 Å². The minimum absolute atomic E-state index is 0.767. The van der Waals surface area contributed by atoms with Gasteiger partial charge in [0.15, 0.2) is 0 Å². The predicted molar refractivity (Wildman–Crippen MR) is 63.9 cm³/mol. The van der Waals surface area contributed by atoms with Crippen LogP contribution in [0.5, 0.6) is 0 Å². The third kappa shape index (κ3) is 14.1. The zero-order chi connectivity index (χ0) is 10.7. The maximum atomic E-state index is 3.93. The molecule has 0 heteroatoms. The Morgan fingerprint density at radius 3 is 2.23 bits per heavy atom. The van der Waals surface area contributed by atoms with Gasteiger partial charge in [-0.2, -0.15) is 0 Å². The molecular weight excluding hydrogens is 156 g/mol. The largest absolute Gasteiger partial charge is 0.0991 e. The molecule has 0 aliphatic heterocycles. The van der Waals surface area contributed by atoms with Crippen LogP contribution < -0.4 is 0 Å². The van der Waals surface area contributed by atoms with Gasteiger partial charge in [0.05, 0.1) is 0 Å². The molecule has 0 spiro atoms. The van der Waals surface area contributed by atoms with Crippen LogP contribution in [0.3, 0.4) is 0 Å². The summed E-state index contributed by atoms with van der Waals surface area (Å²) in [7, 11) is 0. The van der Waals surface area contributed by atoms with Crippen molar-refractivity contribution in [3.8, 4) is 0 Å². The second-order valence-electron chi connectivity index (χ2n) is 3.19. The van der Waals surface area contributed by atoms with Crippen molar-refractivity contribution in [2.45, 2.75) is 40.5 Å². The normalized spacial score (nSPS) is 9.62. The van der Waals surface area contributed by atoms with Gasteiger partial charge in [0, 0.05) is 0 Å². The highest BCUT2D eigenvalue weighted by Crippen LogP contribution is 2.10. The molecule has 0 radical (unpaired) electrons. The van der Waals surface area contributed by atoms with Crippen LogP contribution in [-0.4, -0.2) is 0 Å². The van der Waals surface area contributed by atoms with Crippen molar-refractivity contribution in [3.05, 3.63) is 37.0 Å². The molecule has 0 nitrogen and oxygen atoms in total. The molecular formula is C13H24. The number of allylic oxidation sites excluding steroid dienone is 4. The van der Waals surface area contributed by atoms with E-state index in [2.05, 4.69) is 27.0 Å². The Labute approximate surface area is 84.1 Å². The molecule has 0 amide bonds. The summed E-state index contributed by atoms with van der Waals surface area (Å²) in [6, 6.07) is 0. The summed E-state index contributed by atoms with van der Waals surface area (Å²) in [5, 5.41) is 0. The average Bonchev–Trinajstić information content (AvgIpc) is 2.14. The topological polar surface area (TPSA) is 0 Å². The molecule has 0 heterocycles. The van der Waals surface area contributed by atoms with Gasteiger partial charge in [0.25, 0.3) is 0 Å². The van der Waals surface area contributed by atoms with Gasteiger partial charge in [-0.05, 0) is 18.8 Å². The van der Waals surface area contributed by atoms with E-state index in [0.717, 1.165) is 12.3 Å². The average molecular weight is 180 g/mol. The van der Waals surface area contributed by atoms with Crippen molar-refractivity contribution in [2.75, 3.05) is 0 Å². The van der Waals surface area contributed by atoms with Crippen LogP contribution in [-0.2, 0) is 0 Å². The van der Waals surface area contributed by atoms with E-state index in [0.29, 0.717) is 0 Å². The quantitative estimate of drug-likeness (QED) is 0.536. The summed E-state index contributed by atoms with van der Waals surface area (Å²) in [6.07, 6.45) is 8.06. The van der Waals surface area contributed by atoms with E-state index >= 15 is 0 Å². The summed E-state index contributed by atoms with van der Waals surface area (Å²) in [4.78, 5) is 0. The summed E-state index contributed by atoms with van der Waals surface area (Å²) in [6.45, 7) is 16.0. The van der Waals surface area contributed by atoms with Gasteiger partial charge < -0.3 is 0 Å². The van der Waals surface area contributed by atoms with Crippen molar-refractivity contribution >= 4 is 0 Å². The standard InChI is InChI=1S/C11H18.C2H6/c1-5-6-7-11(4)9-8-10(2)3;1-2/h5-7,10H,1,4,8-9H2,2-3H3;1-2H3/b7-6-;. The lowest BCUT2D eigenvalue weighted by atomic mass is 10.0. The molecule has 0 aromatic carbocycles. The molecule has 0 saturated heterocycles. The molecule has 0 rings (SSSR count). The molecule has 0 bridgehead atoms. The Bertz CT molecular complexity index is 149. The van der Waals surface area contributed by atoms with E-state index in [9.17, 15) is 0 Å². The van der Waals surface area contributed by atoms with E-state index in [1.165, 1.54) is 12.0 Å². The summed E-state index contributed by atoms with van der Waals surface area (Å²) in [5.41, 5.74) is 1.19. The Kier molecular flexibility index (Phi) is 12.7. The fourth-order valence-electron chi connectivity index (χ4n) is 0.762. The summed E-state index contributed by atoms with van der Waals surface area (Å²) in [5.74, 6) is 0.767. The maximum Gasteiger partial charge on any atom is -0.0282 e. The minimum atomic E-state index is 0.767. The van der Waals surface area contributed by atoms with E-state index in [-0.39, 0.29) is 0 Å². The second kappa shape index (κ2) is 11.2. The van der Waals surface area contributed by atoms with Crippen molar-refractivity contribution in [2.24, 2.45) is 5.92 Å². The SMILES string of the molecule is C=C/C=C\C(=C)CCC(C)C.CC. The van der Waals surface area contributed by atoms with Crippen LogP contribution in [0.2, 0.25) is 0 Å². The lowest BCUT2D eigenvalue weighted by molar-refractivity contribution is 0.588. The van der Waals surface area contributed by atoms with Crippen molar-refractivity contribution < 1.29 is 0 Å². The first-order valence-electron chi connectivity index (χ1n) is 5.13. The van der Waals surface area contributed by atoms with Crippen LogP contribution in [0.1, 0.15) is 40.5 Å². The second-order valence-corrected chi connectivity index (χ2v) is 3.19.